The van der Waals surface area contributed by atoms with Crippen LogP contribution in [0, 0.1) is 12.8 Å². The Bertz CT molecular complexity index is 574. The van der Waals surface area contributed by atoms with E-state index in [-0.39, 0.29) is 18.3 Å². The third-order valence-electron chi connectivity index (χ3n) is 5.73. The van der Waals surface area contributed by atoms with Crippen molar-refractivity contribution in [2.45, 2.75) is 76.8 Å². The average molecular weight is 355 g/mol. The summed E-state index contributed by atoms with van der Waals surface area (Å²) in [6.45, 7) is 2.18. The minimum atomic E-state index is 0. The number of hydrogen-bond donors (Lipinski definition) is 2. The fraction of sp³-hybridized carbons (Fsp3) is 0.722. The minimum Gasteiger partial charge on any atom is -0.317 e. The van der Waals surface area contributed by atoms with E-state index in [9.17, 15) is 4.79 Å². The fourth-order valence-electron chi connectivity index (χ4n) is 4.62. The second kappa shape index (κ2) is 7.12. The average Bonchev–Trinajstić information content (AvgIpc) is 3.00. The predicted molar refractivity (Wildman–Crippen MR) is 98.9 cm³/mol. The number of thiophene rings is 1. The summed E-state index contributed by atoms with van der Waals surface area (Å²) in [5.74, 6) is 0.807. The summed E-state index contributed by atoms with van der Waals surface area (Å²) in [7, 11) is 0. The third kappa shape index (κ3) is 3.59. The molecule has 23 heavy (non-hydrogen) atoms. The van der Waals surface area contributed by atoms with Gasteiger partial charge < -0.3 is 10.6 Å². The number of anilines is 1. The number of carbonyl (C=O) groups is 1. The lowest BCUT2D eigenvalue weighted by molar-refractivity contribution is -0.117. The molecule has 4 rings (SSSR count). The number of rotatable bonds is 3. The van der Waals surface area contributed by atoms with Gasteiger partial charge in [0.15, 0.2) is 0 Å². The van der Waals surface area contributed by atoms with Crippen LogP contribution in [0.15, 0.2) is 0 Å². The molecule has 2 aliphatic heterocycles. The minimum absolute atomic E-state index is 0. The second-order valence-corrected chi connectivity index (χ2v) is 8.50. The summed E-state index contributed by atoms with van der Waals surface area (Å²) >= 11 is 1.82. The van der Waals surface area contributed by atoms with Gasteiger partial charge in [-0.25, -0.2) is 0 Å². The van der Waals surface area contributed by atoms with Gasteiger partial charge in [-0.15, -0.1) is 23.7 Å². The first-order valence-electron chi connectivity index (χ1n) is 8.86. The second-order valence-electron chi connectivity index (χ2n) is 7.39. The zero-order valence-corrected chi connectivity index (χ0v) is 15.5. The SMILES string of the molecule is Cc1c(NC(=O)CC2CC3CCC(C2)N3)sc2c1CCCC2.Cl. The van der Waals surface area contributed by atoms with Gasteiger partial charge in [0.05, 0.1) is 5.00 Å². The van der Waals surface area contributed by atoms with Gasteiger partial charge in [-0.2, -0.15) is 0 Å². The van der Waals surface area contributed by atoms with Crippen molar-refractivity contribution in [3.63, 3.8) is 0 Å². The largest absolute Gasteiger partial charge is 0.317 e. The molecule has 2 unspecified atom stereocenters. The van der Waals surface area contributed by atoms with Crippen LogP contribution in [-0.4, -0.2) is 18.0 Å². The van der Waals surface area contributed by atoms with Crippen LogP contribution < -0.4 is 10.6 Å². The summed E-state index contributed by atoms with van der Waals surface area (Å²) in [6, 6.07) is 1.35. The molecule has 2 atom stereocenters. The molecular weight excluding hydrogens is 328 g/mol. The molecule has 128 valence electrons. The molecule has 3 heterocycles. The van der Waals surface area contributed by atoms with Crippen molar-refractivity contribution in [1.29, 1.82) is 0 Å². The Morgan fingerprint density at radius 3 is 2.61 bits per heavy atom. The van der Waals surface area contributed by atoms with Crippen LogP contribution in [0.25, 0.3) is 0 Å². The molecule has 0 spiro atoms. The van der Waals surface area contributed by atoms with E-state index in [0.29, 0.717) is 24.4 Å². The molecule has 2 bridgehead atoms. The Labute approximate surface area is 149 Å². The molecule has 0 radical (unpaired) electrons. The lowest BCUT2D eigenvalue weighted by Gasteiger charge is -2.28. The Hall–Kier alpha value is -0.580. The number of halogens is 1. The number of nitrogens with one attached hydrogen (secondary N) is 2. The summed E-state index contributed by atoms with van der Waals surface area (Å²) in [6.07, 6.45) is 10.7. The van der Waals surface area contributed by atoms with E-state index in [1.54, 1.807) is 0 Å². The van der Waals surface area contributed by atoms with Gasteiger partial charge in [0.2, 0.25) is 5.91 Å². The molecule has 2 saturated heterocycles. The Morgan fingerprint density at radius 1 is 1.22 bits per heavy atom. The van der Waals surface area contributed by atoms with Crippen molar-refractivity contribution in [1.82, 2.24) is 5.32 Å². The van der Waals surface area contributed by atoms with E-state index >= 15 is 0 Å². The molecule has 1 aromatic heterocycles. The topological polar surface area (TPSA) is 41.1 Å². The predicted octanol–water partition coefficient (Wildman–Crippen LogP) is 4.22. The lowest BCUT2D eigenvalue weighted by atomic mass is 9.89. The van der Waals surface area contributed by atoms with Crippen molar-refractivity contribution in [2.75, 3.05) is 5.32 Å². The Morgan fingerprint density at radius 2 is 1.91 bits per heavy atom. The first-order chi connectivity index (χ1) is 10.7. The van der Waals surface area contributed by atoms with Crippen LogP contribution in [0.1, 0.15) is 60.9 Å². The van der Waals surface area contributed by atoms with E-state index < -0.39 is 0 Å². The maximum absolute atomic E-state index is 12.5. The lowest BCUT2D eigenvalue weighted by Crippen LogP contribution is -2.39. The van der Waals surface area contributed by atoms with E-state index in [1.807, 2.05) is 11.3 Å². The van der Waals surface area contributed by atoms with Crippen LogP contribution in [0.4, 0.5) is 5.00 Å². The number of amides is 1. The van der Waals surface area contributed by atoms with Crippen molar-refractivity contribution >= 4 is 34.7 Å². The molecule has 1 amide bonds. The van der Waals surface area contributed by atoms with Gasteiger partial charge in [-0.3, -0.25) is 4.79 Å². The van der Waals surface area contributed by atoms with Gasteiger partial charge in [0, 0.05) is 23.4 Å². The van der Waals surface area contributed by atoms with Gasteiger partial charge in [0.1, 0.15) is 0 Å². The van der Waals surface area contributed by atoms with Crippen LogP contribution in [-0.2, 0) is 17.6 Å². The zero-order valence-electron chi connectivity index (χ0n) is 13.8. The molecule has 1 aromatic rings. The summed E-state index contributed by atoms with van der Waals surface area (Å²) < 4.78 is 0. The van der Waals surface area contributed by atoms with E-state index in [4.69, 9.17) is 0 Å². The number of carbonyl (C=O) groups excluding carboxylic acids is 1. The molecule has 1 aliphatic carbocycles. The van der Waals surface area contributed by atoms with Crippen LogP contribution in [0.5, 0.6) is 0 Å². The maximum atomic E-state index is 12.5. The number of fused-ring (bicyclic) bond motifs is 3. The summed E-state index contributed by atoms with van der Waals surface area (Å²) in [4.78, 5) is 14.0. The molecule has 2 fully saturated rings. The number of aryl methyl sites for hydroxylation is 1. The highest BCUT2D eigenvalue weighted by molar-refractivity contribution is 7.16. The van der Waals surface area contributed by atoms with E-state index in [2.05, 4.69) is 17.6 Å². The van der Waals surface area contributed by atoms with Crippen molar-refractivity contribution < 1.29 is 4.79 Å². The highest BCUT2D eigenvalue weighted by atomic mass is 35.5. The third-order valence-corrected chi connectivity index (χ3v) is 7.04. The van der Waals surface area contributed by atoms with Crippen molar-refractivity contribution in [3.8, 4) is 0 Å². The maximum Gasteiger partial charge on any atom is 0.225 e. The summed E-state index contributed by atoms with van der Waals surface area (Å²) in [5.41, 5.74) is 2.85. The first-order valence-corrected chi connectivity index (χ1v) is 9.67. The highest BCUT2D eigenvalue weighted by Gasteiger charge is 2.34. The molecule has 3 aliphatic rings. The zero-order chi connectivity index (χ0) is 15.1. The van der Waals surface area contributed by atoms with Crippen molar-refractivity contribution in [3.05, 3.63) is 16.0 Å². The molecule has 3 nitrogen and oxygen atoms in total. The highest BCUT2D eigenvalue weighted by Crippen LogP contribution is 2.38. The molecular formula is C18H27ClN2OS. The quantitative estimate of drug-likeness (QED) is 0.853. The Kier molecular flexibility index (Phi) is 5.34. The smallest absolute Gasteiger partial charge is 0.225 e. The van der Waals surface area contributed by atoms with Gasteiger partial charge >= 0.3 is 0 Å². The molecule has 5 heteroatoms. The van der Waals surface area contributed by atoms with E-state index in [1.165, 1.54) is 67.4 Å². The Balaban J connectivity index is 0.00000156. The van der Waals surface area contributed by atoms with Gasteiger partial charge in [-0.1, -0.05) is 0 Å². The van der Waals surface area contributed by atoms with Gasteiger partial charge in [-0.05, 0) is 75.3 Å². The first kappa shape index (κ1) is 17.2. The normalized spacial score (nSPS) is 28.8. The van der Waals surface area contributed by atoms with Crippen LogP contribution in [0.2, 0.25) is 0 Å². The van der Waals surface area contributed by atoms with E-state index in [0.717, 1.165) is 5.00 Å². The van der Waals surface area contributed by atoms with Crippen LogP contribution in [0.3, 0.4) is 0 Å². The molecule has 2 N–H and O–H groups in total. The standard InChI is InChI=1S/C18H26N2OS.ClH/c1-11-15-4-2-3-5-16(15)22-18(11)20-17(21)10-12-8-13-6-7-14(9-12)19-13;/h12-14,19H,2-10H2,1H3,(H,20,21);1H. The molecule has 0 aromatic carbocycles. The number of piperidine rings is 1. The monoisotopic (exact) mass is 354 g/mol. The van der Waals surface area contributed by atoms with Crippen molar-refractivity contribution in [2.24, 2.45) is 5.92 Å². The van der Waals surface area contributed by atoms with Crippen LogP contribution >= 0.6 is 23.7 Å². The number of hydrogen-bond acceptors (Lipinski definition) is 3. The van der Waals surface area contributed by atoms with Gasteiger partial charge in [0.25, 0.3) is 0 Å². The summed E-state index contributed by atoms with van der Waals surface area (Å²) in [5, 5.41) is 8.00. The fourth-order valence-corrected chi connectivity index (χ4v) is 5.94. The molecule has 0 saturated carbocycles.